The molecule has 4 atom stereocenters. The average molecular weight is 577 g/mol. The number of fused-ring (bicyclic) bond motifs is 4. The second kappa shape index (κ2) is 10.9. The van der Waals surface area contributed by atoms with Crippen molar-refractivity contribution in [2.45, 2.75) is 94.9 Å². The van der Waals surface area contributed by atoms with Gasteiger partial charge < -0.3 is 24.7 Å². The van der Waals surface area contributed by atoms with Crippen LogP contribution in [0.25, 0.3) is 0 Å². The maximum absolute atomic E-state index is 12.0. The van der Waals surface area contributed by atoms with Crippen LogP contribution in [0.2, 0.25) is 0 Å². The van der Waals surface area contributed by atoms with E-state index in [9.17, 15) is 15.0 Å². The van der Waals surface area contributed by atoms with Crippen molar-refractivity contribution < 1.29 is 19.7 Å². The lowest BCUT2D eigenvalue weighted by atomic mass is 9.95. The molecule has 2 N–H and O–H groups in total. The Morgan fingerprint density at radius 1 is 1.07 bits per heavy atom. The summed E-state index contributed by atoms with van der Waals surface area (Å²) in [5, 5.41) is 19.8. The summed E-state index contributed by atoms with van der Waals surface area (Å²) in [6.07, 6.45) is 6.03. The maximum atomic E-state index is 12.0. The Labute approximate surface area is 248 Å². The van der Waals surface area contributed by atoms with Gasteiger partial charge in [0.25, 0.3) is 0 Å². The van der Waals surface area contributed by atoms with Gasteiger partial charge in [-0.25, -0.2) is 4.79 Å². The van der Waals surface area contributed by atoms with Crippen LogP contribution in [0.15, 0.2) is 24.3 Å². The molecule has 226 valence electrons. The van der Waals surface area contributed by atoms with Crippen molar-refractivity contribution in [1.29, 1.82) is 0 Å². The molecule has 0 radical (unpaired) electrons. The number of rotatable bonds is 7. The van der Waals surface area contributed by atoms with E-state index in [4.69, 9.17) is 14.7 Å². The summed E-state index contributed by atoms with van der Waals surface area (Å²) in [5.74, 6) is 1.35. The van der Waals surface area contributed by atoms with Crippen LogP contribution >= 0.6 is 0 Å². The van der Waals surface area contributed by atoms with Gasteiger partial charge in [-0.05, 0) is 69.0 Å². The van der Waals surface area contributed by atoms with Crippen LogP contribution in [-0.2, 0) is 13.0 Å². The summed E-state index contributed by atoms with van der Waals surface area (Å²) in [6.45, 7) is 9.09. The number of aromatic nitrogens is 2. The van der Waals surface area contributed by atoms with E-state index in [0.717, 1.165) is 69.5 Å². The van der Waals surface area contributed by atoms with Crippen molar-refractivity contribution in [1.82, 2.24) is 19.8 Å². The van der Waals surface area contributed by atoms with E-state index >= 15 is 0 Å². The Kier molecular flexibility index (Phi) is 7.17. The van der Waals surface area contributed by atoms with Gasteiger partial charge in [-0.1, -0.05) is 32.0 Å². The predicted molar refractivity (Wildman–Crippen MR) is 160 cm³/mol. The Hall–Kier alpha value is -3.11. The van der Waals surface area contributed by atoms with Crippen LogP contribution in [0, 0.1) is 0 Å². The van der Waals surface area contributed by atoms with Crippen LogP contribution in [0.1, 0.15) is 75.1 Å². The standard InChI is InChI=1S/C32H44N6O4/c1-21(2)25-6-3-4-7-28(25)35-15-11-26-27(18-35)33-30(42-20-32-12-5-14-37(32)24(19-39)10-13-32)34-29(26)36-16-22-8-9-23(17-36)38(22)31(40)41/h3-4,6-7,21-24,39H,5,8-20H2,1-2H3,(H,40,41)/t22-,23+,24?,32?. The van der Waals surface area contributed by atoms with Crippen LogP contribution in [0.4, 0.5) is 16.3 Å². The fourth-order valence-corrected chi connectivity index (χ4v) is 8.58. The lowest BCUT2D eigenvalue weighted by molar-refractivity contribution is 0.0641. The Balaban J connectivity index is 1.20. The molecule has 2 unspecified atom stereocenters. The molecule has 6 heterocycles. The van der Waals surface area contributed by atoms with Crippen molar-refractivity contribution in [2.24, 2.45) is 0 Å². The normalized spacial score (nSPS) is 28.9. The molecule has 5 aliphatic heterocycles. The molecule has 10 heteroatoms. The van der Waals surface area contributed by atoms with E-state index in [2.05, 4.69) is 52.8 Å². The molecular weight excluding hydrogens is 532 g/mol. The number of hydrogen-bond donors (Lipinski definition) is 2. The number of piperazine rings is 1. The zero-order valence-corrected chi connectivity index (χ0v) is 24.9. The molecule has 42 heavy (non-hydrogen) atoms. The summed E-state index contributed by atoms with van der Waals surface area (Å²) >= 11 is 0. The fraction of sp³-hybridized carbons (Fsp3) is 0.656. The van der Waals surface area contributed by atoms with Crippen LogP contribution in [0.5, 0.6) is 6.01 Å². The Morgan fingerprint density at radius 2 is 1.86 bits per heavy atom. The number of ether oxygens (including phenoxy) is 1. The Bertz CT molecular complexity index is 1320. The molecule has 7 rings (SSSR count). The number of aliphatic hydroxyl groups is 1. The molecule has 0 saturated carbocycles. The minimum absolute atomic E-state index is 0.00548. The number of aliphatic hydroxyl groups excluding tert-OH is 1. The van der Waals surface area contributed by atoms with Crippen LogP contribution in [0.3, 0.4) is 0 Å². The zero-order chi connectivity index (χ0) is 29.0. The van der Waals surface area contributed by atoms with Crippen molar-refractivity contribution in [3.05, 3.63) is 41.1 Å². The maximum Gasteiger partial charge on any atom is 0.407 e. The molecule has 1 aromatic carbocycles. The number of carbonyl (C=O) groups is 1. The van der Waals surface area contributed by atoms with Crippen molar-refractivity contribution >= 4 is 17.6 Å². The number of nitrogens with zero attached hydrogens (tertiary/aromatic N) is 6. The van der Waals surface area contributed by atoms with E-state index in [1.54, 1.807) is 4.90 Å². The minimum atomic E-state index is -0.812. The Morgan fingerprint density at radius 3 is 2.60 bits per heavy atom. The summed E-state index contributed by atoms with van der Waals surface area (Å²) < 4.78 is 6.52. The molecule has 2 aromatic rings. The number of carboxylic acid groups (broad SMARTS) is 1. The highest BCUT2D eigenvalue weighted by molar-refractivity contribution is 5.68. The fourth-order valence-electron chi connectivity index (χ4n) is 8.58. The van der Waals surface area contributed by atoms with Crippen LogP contribution < -0.4 is 14.5 Å². The van der Waals surface area contributed by atoms with Gasteiger partial charge in [0.2, 0.25) is 0 Å². The van der Waals surface area contributed by atoms with Crippen molar-refractivity contribution in [3.8, 4) is 6.01 Å². The second-order valence-electron chi connectivity index (χ2n) is 13.3. The lowest BCUT2D eigenvalue weighted by Crippen LogP contribution is -2.56. The first-order valence-electron chi connectivity index (χ1n) is 15.9. The third-order valence-electron chi connectivity index (χ3n) is 10.6. The van der Waals surface area contributed by atoms with Crippen LogP contribution in [-0.4, -0.2) is 99.1 Å². The number of benzene rings is 1. The number of hydrogen-bond acceptors (Lipinski definition) is 8. The highest BCUT2D eigenvalue weighted by Crippen LogP contribution is 2.43. The molecule has 0 aliphatic carbocycles. The van der Waals surface area contributed by atoms with Gasteiger partial charge in [0, 0.05) is 36.9 Å². The zero-order valence-electron chi connectivity index (χ0n) is 24.9. The molecule has 0 spiro atoms. The van der Waals surface area contributed by atoms with Gasteiger partial charge in [-0.2, -0.15) is 9.97 Å². The molecule has 1 amide bonds. The van der Waals surface area contributed by atoms with Crippen molar-refractivity contribution in [2.75, 3.05) is 49.2 Å². The molecule has 4 saturated heterocycles. The monoisotopic (exact) mass is 576 g/mol. The molecule has 2 bridgehead atoms. The van der Waals surface area contributed by atoms with Gasteiger partial charge in [0.1, 0.15) is 12.4 Å². The SMILES string of the molecule is CC(C)c1ccccc1N1CCc2c(nc(OCC34CCCN3C(CO)CC4)nc2N2C[C@H]3CC[C@@H](C2)N3C(=O)O)C1. The summed E-state index contributed by atoms with van der Waals surface area (Å²) in [4.78, 5) is 31.0. The lowest BCUT2D eigenvalue weighted by Gasteiger charge is -2.41. The predicted octanol–water partition coefficient (Wildman–Crippen LogP) is 3.86. The van der Waals surface area contributed by atoms with Crippen molar-refractivity contribution in [3.63, 3.8) is 0 Å². The molecule has 4 fully saturated rings. The topological polar surface area (TPSA) is 105 Å². The van der Waals surface area contributed by atoms with E-state index < -0.39 is 6.09 Å². The summed E-state index contributed by atoms with van der Waals surface area (Å²) in [6, 6.07) is 9.29. The molecule has 10 nitrogen and oxygen atoms in total. The number of amides is 1. The van der Waals surface area contributed by atoms with Gasteiger partial charge in [0.15, 0.2) is 0 Å². The van der Waals surface area contributed by atoms with E-state index in [1.165, 1.54) is 16.8 Å². The third-order valence-corrected chi connectivity index (χ3v) is 10.6. The quantitative estimate of drug-likeness (QED) is 0.508. The van der Waals surface area contributed by atoms with E-state index in [-0.39, 0.29) is 30.3 Å². The second-order valence-corrected chi connectivity index (χ2v) is 13.3. The largest absolute Gasteiger partial charge is 0.465 e. The average Bonchev–Trinajstić information content (AvgIpc) is 3.64. The first kappa shape index (κ1) is 27.7. The van der Waals surface area contributed by atoms with Gasteiger partial charge in [-0.3, -0.25) is 9.80 Å². The smallest absolute Gasteiger partial charge is 0.407 e. The summed E-state index contributed by atoms with van der Waals surface area (Å²) in [5.41, 5.74) is 4.73. The number of anilines is 2. The first-order valence-corrected chi connectivity index (χ1v) is 15.9. The third kappa shape index (κ3) is 4.67. The van der Waals surface area contributed by atoms with E-state index in [0.29, 0.717) is 38.2 Å². The van der Waals surface area contributed by atoms with Gasteiger partial charge in [0.05, 0.1) is 36.5 Å². The van der Waals surface area contributed by atoms with Gasteiger partial charge in [-0.15, -0.1) is 0 Å². The summed E-state index contributed by atoms with van der Waals surface area (Å²) in [7, 11) is 0. The molecular formula is C32H44N6O4. The van der Waals surface area contributed by atoms with Gasteiger partial charge >= 0.3 is 12.1 Å². The first-order chi connectivity index (χ1) is 20.4. The number of para-hydroxylation sites is 1. The molecule has 5 aliphatic rings. The molecule has 1 aromatic heterocycles. The minimum Gasteiger partial charge on any atom is -0.465 e. The highest BCUT2D eigenvalue weighted by atomic mass is 16.5. The van der Waals surface area contributed by atoms with E-state index in [1.807, 2.05) is 0 Å². The highest BCUT2D eigenvalue weighted by Gasteiger charge is 2.50.